The number of nitrogens with one attached hydrogen (secondary N) is 2. The lowest BCUT2D eigenvalue weighted by Crippen LogP contribution is -2.27. The Kier molecular flexibility index (Phi) is 13.2. The molecule has 0 atom stereocenters. The standard InChI is InChI=1S/C32H46FN3O2/c1-2-3-4-5-6-7-8-9-10-11-12-15-31(37)35-28-20-21-30(36-22-13-14-23-36)29(24-28)32(38)34-25-26-16-18-27(33)19-17-26/h16-21,24H,2-15,22-23,25H2,1H3,(H,34,38)(H,35,37). The van der Waals surface area contributed by atoms with Crippen molar-refractivity contribution in [1.29, 1.82) is 0 Å². The van der Waals surface area contributed by atoms with Crippen molar-refractivity contribution in [3.63, 3.8) is 0 Å². The second kappa shape index (κ2) is 16.8. The Balaban J connectivity index is 1.45. The molecule has 1 aliphatic heterocycles. The van der Waals surface area contributed by atoms with E-state index >= 15 is 0 Å². The van der Waals surface area contributed by atoms with E-state index in [-0.39, 0.29) is 17.6 Å². The van der Waals surface area contributed by atoms with Gasteiger partial charge in [-0.3, -0.25) is 9.59 Å². The summed E-state index contributed by atoms with van der Waals surface area (Å²) in [6, 6.07) is 11.7. The summed E-state index contributed by atoms with van der Waals surface area (Å²) in [6.45, 7) is 4.40. The Bertz CT molecular complexity index is 987. The first-order chi connectivity index (χ1) is 18.6. The topological polar surface area (TPSA) is 61.4 Å². The van der Waals surface area contributed by atoms with Crippen LogP contribution in [0.25, 0.3) is 0 Å². The van der Waals surface area contributed by atoms with E-state index in [2.05, 4.69) is 22.5 Å². The Labute approximate surface area is 228 Å². The van der Waals surface area contributed by atoms with Crippen LogP contribution < -0.4 is 15.5 Å². The van der Waals surface area contributed by atoms with E-state index in [9.17, 15) is 14.0 Å². The maximum atomic E-state index is 13.2. The fraction of sp³-hybridized carbons (Fsp3) is 0.562. The van der Waals surface area contributed by atoms with Crippen molar-refractivity contribution < 1.29 is 14.0 Å². The van der Waals surface area contributed by atoms with E-state index in [4.69, 9.17) is 0 Å². The minimum absolute atomic E-state index is 0.00693. The van der Waals surface area contributed by atoms with Crippen LogP contribution in [0.3, 0.4) is 0 Å². The molecule has 38 heavy (non-hydrogen) atoms. The molecule has 0 spiro atoms. The first kappa shape index (κ1) is 29.7. The summed E-state index contributed by atoms with van der Waals surface area (Å²) in [7, 11) is 0. The summed E-state index contributed by atoms with van der Waals surface area (Å²) in [6.07, 6.45) is 16.5. The maximum absolute atomic E-state index is 13.2. The van der Waals surface area contributed by atoms with Gasteiger partial charge in [0, 0.05) is 37.4 Å². The Morgan fingerprint density at radius 1 is 0.816 bits per heavy atom. The van der Waals surface area contributed by atoms with Gasteiger partial charge >= 0.3 is 0 Å². The van der Waals surface area contributed by atoms with Crippen LogP contribution in [0.15, 0.2) is 42.5 Å². The molecule has 0 unspecified atom stereocenters. The molecule has 0 radical (unpaired) electrons. The molecule has 2 aromatic carbocycles. The van der Waals surface area contributed by atoms with Gasteiger partial charge in [0.1, 0.15) is 5.82 Å². The van der Waals surface area contributed by atoms with Crippen LogP contribution in [0.1, 0.15) is 113 Å². The number of rotatable bonds is 17. The highest BCUT2D eigenvalue weighted by Gasteiger charge is 2.20. The summed E-state index contributed by atoms with van der Waals surface area (Å²) in [5, 5.41) is 5.95. The van der Waals surface area contributed by atoms with Gasteiger partial charge in [-0.05, 0) is 55.2 Å². The number of hydrogen-bond donors (Lipinski definition) is 2. The normalized spacial score (nSPS) is 13.1. The van der Waals surface area contributed by atoms with Gasteiger partial charge in [-0.1, -0.05) is 83.3 Å². The van der Waals surface area contributed by atoms with Crippen molar-refractivity contribution in [2.75, 3.05) is 23.3 Å². The molecule has 5 nitrogen and oxygen atoms in total. The highest BCUT2D eigenvalue weighted by atomic mass is 19.1. The van der Waals surface area contributed by atoms with E-state index in [1.807, 2.05) is 12.1 Å². The van der Waals surface area contributed by atoms with E-state index in [1.54, 1.807) is 18.2 Å². The lowest BCUT2D eigenvalue weighted by atomic mass is 10.1. The number of nitrogens with zero attached hydrogens (tertiary/aromatic N) is 1. The fourth-order valence-corrected chi connectivity index (χ4v) is 5.08. The van der Waals surface area contributed by atoms with Crippen LogP contribution in [-0.2, 0) is 11.3 Å². The first-order valence-corrected chi connectivity index (χ1v) is 14.8. The molecular weight excluding hydrogens is 477 g/mol. The number of anilines is 2. The van der Waals surface area contributed by atoms with Crippen LogP contribution in [-0.4, -0.2) is 24.9 Å². The van der Waals surface area contributed by atoms with Gasteiger partial charge in [0.15, 0.2) is 0 Å². The molecule has 1 saturated heterocycles. The zero-order valence-corrected chi connectivity index (χ0v) is 23.2. The molecular formula is C32H46FN3O2. The number of carbonyl (C=O) groups excluding carboxylic acids is 2. The van der Waals surface area contributed by atoms with Crippen molar-refractivity contribution in [3.05, 3.63) is 59.4 Å². The molecule has 0 bridgehead atoms. The SMILES string of the molecule is CCCCCCCCCCCCCC(=O)Nc1ccc(N2CCCC2)c(C(=O)NCc2ccc(F)cc2)c1. The van der Waals surface area contributed by atoms with Gasteiger partial charge < -0.3 is 15.5 Å². The molecule has 2 N–H and O–H groups in total. The van der Waals surface area contributed by atoms with Crippen molar-refractivity contribution in [2.45, 2.75) is 103 Å². The predicted molar refractivity (Wildman–Crippen MR) is 155 cm³/mol. The fourth-order valence-electron chi connectivity index (χ4n) is 5.08. The van der Waals surface area contributed by atoms with Gasteiger partial charge in [0.25, 0.3) is 5.91 Å². The van der Waals surface area contributed by atoms with E-state index < -0.39 is 0 Å². The van der Waals surface area contributed by atoms with Gasteiger partial charge in [-0.15, -0.1) is 0 Å². The Morgan fingerprint density at radius 3 is 2.05 bits per heavy atom. The van der Waals surface area contributed by atoms with Crippen LogP contribution in [0.5, 0.6) is 0 Å². The van der Waals surface area contributed by atoms with Crippen LogP contribution >= 0.6 is 0 Å². The zero-order chi connectivity index (χ0) is 27.0. The average Bonchev–Trinajstić information content (AvgIpc) is 3.46. The largest absolute Gasteiger partial charge is 0.371 e. The average molecular weight is 524 g/mol. The molecule has 1 heterocycles. The van der Waals surface area contributed by atoms with Crippen LogP contribution in [0, 0.1) is 5.82 Å². The first-order valence-electron chi connectivity index (χ1n) is 14.8. The second-order valence-electron chi connectivity index (χ2n) is 10.6. The molecule has 0 saturated carbocycles. The lowest BCUT2D eigenvalue weighted by molar-refractivity contribution is -0.116. The van der Waals surface area contributed by atoms with E-state index in [0.717, 1.165) is 50.0 Å². The molecule has 0 aromatic heterocycles. The third-order valence-electron chi connectivity index (χ3n) is 7.35. The molecule has 2 amide bonds. The summed E-state index contributed by atoms with van der Waals surface area (Å²) < 4.78 is 13.2. The van der Waals surface area contributed by atoms with Gasteiger partial charge in [-0.25, -0.2) is 4.39 Å². The number of amides is 2. The third kappa shape index (κ3) is 10.5. The van der Waals surface area contributed by atoms with E-state index in [0.29, 0.717) is 24.2 Å². The van der Waals surface area contributed by atoms with Crippen molar-refractivity contribution in [3.8, 4) is 0 Å². The molecule has 1 aliphatic rings. The van der Waals surface area contributed by atoms with Gasteiger partial charge in [0.05, 0.1) is 5.56 Å². The summed E-state index contributed by atoms with van der Waals surface area (Å²) in [5.41, 5.74) is 2.93. The zero-order valence-electron chi connectivity index (χ0n) is 23.2. The molecule has 0 aliphatic carbocycles. The van der Waals surface area contributed by atoms with Crippen LogP contribution in [0.4, 0.5) is 15.8 Å². The Hall–Kier alpha value is -2.89. The highest BCUT2D eigenvalue weighted by molar-refractivity contribution is 6.02. The molecule has 1 fully saturated rings. The maximum Gasteiger partial charge on any atom is 0.253 e. The monoisotopic (exact) mass is 523 g/mol. The van der Waals surface area contributed by atoms with Crippen molar-refractivity contribution in [2.24, 2.45) is 0 Å². The van der Waals surface area contributed by atoms with Crippen LogP contribution in [0.2, 0.25) is 0 Å². The second-order valence-corrected chi connectivity index (χ2v) is 10.6. The molecule has 6 heteroatoms. The summed E-state index contributed by atoms with van der Waals surface area (Å²) >= 11 is 0. The van der Waals surface area contributed by atoms with E-state index in [1.165, 1.54) is 69.9 Å². The number of halogens is 1. The van der Waals surface area contributed by atoms with Crippen molar-refractivity contribution >= 4 is 23.2 Å². The number of benzene rings is 2. The number of hydrogen-bond acceptors (Lipinski definition) is 3. The third-order valence-corrected chi connectivity index (χ3v) is 7.35. The molecule has 3 rings (SSSR count). The molecule has 208 valence electrons. The summed E-state index contributed by atoms with van der Waals surface area (Å²) in [4.78, 5) is 28.0. The predicted octanol–water partition coefficient (Wildman–Crippen LogP) is 8.00. The minimum Gasteiger partial charge on any atom is -0.371 e. The quantitative estimate of drug-likeness (QED) is 0.207. The van der Waals surface area contributed by atoms with Crippen molar-refractivity contribution in [1.82, 2.24) is 5.32 Å². The number of unbranched alkanes of at least 4 members (excludes halogenated alkanes) is 10. The summed E-state index contributed by atoms with van der Waals surface area (Å²) in [5.74, 6) is -0.502. The molecule has 2 aromatic rings. The lowest BCUT2D eigenvalue weighted by Gasteiger charge is -2.22. The number of carbonyl (C=O) groups is 2. The van der Waals surface area contributed by atoms with Gasteiger partial charge in [-0.2, -0.15) is 0 Å². The highest BCUT2D eigenvalue weighted by Crippen LogP contribution is 2.28. The Morgan fingerprint density at radius 2 is 1.42 bits per heavy atom. The smallest absolute Gasteiger partial charge is 0.253 e. The minimum atomic E-state index is -0.298. The van der Waals surface area contributed by atoms with Gasteiger partial charge in [0.2, 0.25) is 5.91 Å².